The average Bonchev–Trinajstić information content (AvgIpc) is 2.69. The van der Waals surface area contributed by atoms with Gasteiger partial charge in [0.05, 0.1) is 10.6 Å². The normalized spacial score (nSPS) is 11.1. The van der Waals surface area contributed by atoms with E-state index < -0.39 is 0 Å². The number of aromatic nitrogens is 2. The molecule has 2 aromatic rings. The van der Waals surface area contributed by atoms with Crippen LogP contribution in [0, 0.1) is 5.92 Å². The molecule has 2 rings (SSSR count). The highest BCUT2D eigenvalue weighted by Gasteiger charge is 2.13. The van der Waals surface area contributed by atoms with Crippen molar-refractivity contribution in [3.63, 3.8) is 0 Å². The van der Waals surface area contributed by atoms with Crippen molar-refractivity contribution in [3.8, 4) is 11.5 Å². The van der Waals surface area contributed by atoms with Crippen molar-refractivity contribution < 1.29 is 4.52 Å². The van der Waals surface area contributed by atoms with Crippen molar-refractivity contribution in [1.82, 2.24) is 10.1 Å². The van der Waals surface area contributed by atoms with Crippen molar-refractivity contribution in [2.75, 3.05) is 5.73 Å². The first kappa shape index (κ1) is 11.9. The highest BCUT2D eigenvalue weighted by atomic mass is 35.5. The summed E-state index contributed by atoms with van der Waals surface area (Å²) in [6, 6.07) is 5.19. The van der Waals surface area contributed by atoms with Crippen LogP contribution in [-0.2, 0) is 6.42 Å². The minimum atomic E-state index is 0.415. The molecule has 0 aliphatic carbocycles. The first-order valence-electron chi connectivity index (χ1n) is 5.44. The molecule has 4 nitrogen and oxygen atoms in total. The average molecular weight is 252 g/mol. The molecular formula is C12H14ClN3O. The first-order chi connectivity index (χ1) is 8.06. The van der Waals surface area contributed by atoms with E-state index in [2.05, 4.69) is 24.0 Å². The largest absolute Gasteiger partial charge is 0.399 e. The molecule has 0 aliphatic heterocycles. The predicted octanol–water partition coefficient (Wildman–Crippen LogP) is 3.17. The van der Waals surface area contributed by atoms with Gasteiger partial charge in [0, 0.05) is 12.1 Å². The summed E-state index contributed by atoms with van der Waals surface area (Å²) in [6.07, 6.45) is 0.781. The summed E-state index contributed by atoms with van der Waals surface area (Å²) in [5, 5.41) is 4.47. The van der Waals surface area contributed by atoms with Gasteiger partial charge in [0.25, 0.3) is 5.89 Å². The van der Waals surface area contributed by atoms with E-state index in [4.69, 9.17) is 21.9 Å². The van der Waals surface area contributed by atoms with E-state index in [1.54, 1.807) is 18.2 Å². The molecule has 0 radical (unpaired) electrons. The fourth-order valence-electron chi connectivity index (χ4n) is 1.52. The fraction of sp³-hybridized carbons (Fsp3) is 0.333. The number of benzene rings is 1. The van der Waals surface area contributed by atoms with Gasteiger partial charge >= 0.3 is 0 Å². The molecule has 90 valence electrons. The monoisotopic (exact) mass is 251 g/mol. The minimum absolute atomic E-state index is 0.415. The van der Waals surface area contributed by atoms with Crippen LogP contribution in [0.25, 0.3) is 11.5 Å². The Bertz CT molecular complexity index is 522. The Labute approximate surface area is 105 Å². The van der Waals surface area contributed by atoms with E-state index in [9.17, 15) is 0 Å². The second kappa shape index (κ2) is 4.75. The number of hydrogen-bond donors (Lipinski definition) is 1. The molecule has 0 bridgehead atoms. The molecule has 0 saturated carbocycles. The zero-order chi connectivity index (χ0) is 12.4. The lowest BCUT2D eigenvalue weighted by Crippen LogP contribution is -1.95. The standard InChI is InChI=1S/C12H14ClN3O/c1-7(2)5-11-15-12(17-16-11)9-6-8(14)3-4-10(9)13/h3-4,6-7H,5,14H2,1-2H3. The SMILES string of the molecule is CC(C)Cc1noc(-c2cc(N)ccc2Cl)n1. The maximum atomic E-state index is 6.06. The summed E-state index contributed by atoms with van der Waals surface area (Å²) in [5.41, 5.74) is 7.00. The van der Waals surface area contributed by atoms with Crippen LogP contribution in [0.3, 0.4) is 0 Å². The number of nitrogens with zero attached hydrogens (tertiary/aromatic N) is 2. The van der Waals surface area contributed by atoms with Crippen molar-refractivity contribution in [2.24, 2.45) is 5.92 Å². The second-order valence-electron chi connectivity index (χ2n) is 4.35. The summed E-state index contributed by atoms with van der Waals surface area (Å²) in [5.74, 6) is 1.59. The van der Waals surface area contributed by atoms with E-state index in [0.717, 1.165) is 6.42 Å². The summed E-state index contributed by atoms with van der Waals surface area (Å²) in [7, 11) is 0. The molecule has 1 aromatic carbocycles. The Kier molecular flexibility index (Phi) is 3.33. The smallest absolute Gasteiger partial charge is 0.259 e. The van der Waals surface area contributed by atoms with Gasteiger partial charge in [-0.15, -0.1) is 0 Å². The Morgan fingerprint density at radius 3 is 2.88 bits per heavy atom. The van der Waals surface area contributed by atoms with Gasteiger partial charge in [-0.3, -0.25) is 0 Å². The van der Waals surface area contributed by atoms with Gasteiger partial charge in [-0.1, -0.05) is 30.6 Å². The maximum absolute atomic E-state index is 6.06. The van der Waals surface area contributed by atoms with E-state index in [0.29, 0.717) is 33.9 Å². The van der Waals surface area contributed by atoms with Gasteiger partial charge in [0.1, 0.15) is 0 Å². The van der Waals surface area contributed by atoms with Crippen molar-refractivity contribution >= 4 is 17.3 Å². The van der Waals surface area contributed by atoms with Gasteiger partial charge in [-0.25, -0.2) is 0 Å². The summed E-state index contributed by atoms with van der Waals surface area (Å²) in [4.78, 5) is 4.30. The number of hydrogen-bond acceptors (Lipinski definition) is 4. The Hall–Kier alpha value is -1.55. The van der Waals surface area contributed by atoms with Gasteiger partial charge < -0.3 is 10.3 Å². The van der Waals surface area contributed by atoms with Crippen molar-refractivity contribution in [1.29, 1.82) is 0 Å². The molecule has 0 fully saturated rings. The van der Waals surface area contributed by atoms with Crippen molar-refractivity contribution in [3.05, 3.63) is 29.0 Å². The first-order valence-corrected chi connectivity index (χ1v) is 5.82. The number of anilines is 1. The Morgan fingerprint density at radius 2 is 2.18 bits per heavy atom. The van der Waals surface area contributed by atoms with Crippen LogP contribution >= 0.6 is 11.6 Å². The van der Waals surface area contributed by atoms with E-state index in [1.807, 2.05) is 0 Å². The topological polar surface area (TPSA) is 64.9 Å². The summed E-state index contributed by atoms with van der Waals surface area (Å²) >= 11 is 6.06. The summed E-state index contributed by atoms with van der Waals surface area (Å²) < 4.78 is 5.19. The predicted molar refractivity (Wildman–Crippen MR) is 67.7 cm³/mol. The van der Waals surface area contributed by atoms with Crippen LogP contribution in [0.5, 0.6) is 0 Å². The summed E-state index contributed by atoms with van der Waals surface area (Å²) in [6.45, 7) is 4.20. The number of halogens is 1. The lowest BCUT2D eigenvalue weighted by atomic mass is 10.1. The fourth-order valence-corrected chi connectivity index (χ4v) is 1.72. The molecule has 0 unspecified atom stereocenters. The maximum Gasteiger partial charge on any atom is 0.259 e. The lowest BCUT2D eigenvalue weighted by molar-refractivity contribution is 0.418. The molecule has 0 amide bonds. The van der Waals surface area contributed by atoms with Crippen LogP contribution in [0.2, 0.25) is 5.02 Å². The molecule has 5 heteroatoms. The van der Waals surface area contributed by atoms with Crippen LogP contribution in [0.15, 0.2) is 22.7 Å². The van der Waals surface area contributed by atoms with E-state index in [1.165, 1.54) is 0 Å². The molecule has 0 spiro atoms. The molecule has 1 aromatic heterocycles. The molecule has 2 N–H and O–H groups in total. The molecule has 1 heterocycles. The Morgan fingerprint density at radius 1 is 1.41 bits per heavy atom. The molecule has 0 atom stereocenters. The van der Waals surface area contributed by atoms with Crippen LogP contribution in [0.4, 0.5) is 5.69 Å². The molecule has 17 heavy (non-hydrogen) atoms. The zero-order valence-corrected chi connectivity index (χ0v) is 10.5. The molecule has 0 aliphatic rings. The molecule has 0 saturated heterocycles. The Balaban J connectivity index is 2.33. The van der Waals surface area contributed by atoms with Crippen LogP contribution in [0.1, 0.15) is 19.7 Å². The van der Waals surface area contributed by atoms with Gasteiger partial charge in [-0.05, 0) is 24.1 Å². The van der Waals surface area contributed by atoms with Gasteiger partial charge in [-0.2, -0.15) is 4.98 Å². The highest BCUT2D eigenvalue weighted by Crippen LogP contribution is 2.28. The molecular weight excluding hydrogens is 238 g/mol. The quantitative estimate of drug-likeness (QED) is 0.851. The number of nitrogens with two attached hydrogens (primary N) is 1. The highest BCUT2D eigenvalue weighted by molar-refractivity contribution is 6.33. The minimum Gasteiger partial charge on any atom is -0.399 e. The van der Waals surface area contributed by atoms with E-state index >= 15 is 0 Å². The third kappa shape index (κ3) is 2.77. The van der Waals surface area contributed by atoms with Crippen LogP contribution in [-0.4, -0.2) is 10.1 Å². The zero-order valence-electron chi connectivity index (χ0n) is 9.77. The third-order valence-electron chi connectivity index (χ3n) is 2.28. The number of rotatable bonds is 3. The lowest BCUT2D eigenvalue weighted by Gasteiger charge is -1.99. The number of nitrogen functional groups attached to an aromatic ring is 1. The van der Waals surface area contributed by atoms with Crippen LogP contribution < -0.4 is 5.73 Å². The second-order valence-corrected chi connectivity index (χ2v) is 4.76. The van der Waals surface area contributed by atoms with Gasteiger partial charge in [0.15, 0.2) is 5.82 Å². The van der Waals surface area contributed by atoms with Crippen molar-refractivity contribution in [2.45, 2.75) is 20.3 Å². The third-order valence-corrected chi connectivity index (χ3v) is 2.61. The van der Waals surface area contributed by atoms with E-state index in [-0.39, 0.29) is 0 Å². The van der Waals surface area contributed by atoms with Gasteiger partial charge in [0.2, 0.25) is 0 Å².